The molecule has 3 N–H and O–H groups in total. The molecule has 5 heteroatoms. The fraction of sp³-hybridized carbons (Fsp3) is 0.909. The highest BCUT2D eigenvalue weighted by Crippen LogP contribution is 2.14. The normalized spacial score (nSPS) is 22.4. The van der Waals surface area contributed by atoms with E-state index in [1.165, 1.54) is 4.90 Å². The second-order valence-corrected chi connectivity index (χ2v) is 5.45. The van der Waals surface area contributed by atoms with E-state index in [9.17, 15) is 4.79 Å². The summed E-state index contributed by atoms with van der Waals surface area (Å²) >= 11 is 0. The molecule has 0 aromatic heterocycles. The molecular weight excluding hydrogens is 206 g/mol. The van der Waals surface area contributed by atoms with Crippen LogP contribution in [0.2, 0.25) is 0 Å². The molecule has 5 nitrogen and oxygen atoms in total. The highest BCUT2D eigenvalue weighted by atomic mass is 16.4. The van der Waals surface area contributed by atoms with Crippen LogP contribution >= 0.6 is 0 Å². The van der Waals surface area contributed by atoms with Crippen LogP contribution in [0, 0.1) is 0 Å². The zero-order valence-electron chi connectivity index (χ0n) is 10.4. The van der Waals surface area contributed by atoms with E-state index in [2.05, 4.69) is 4.90 Å². The fourth-order valence-electron chi connectivity index (χ4n) is 2.03. The molecule has 1 aliphatic rings. The topological polar surface area (TPSA) is 69.8 Å². The Hall–Kier alpha value is -0.810. The highest BCUT2D eigenvalue weighted by molar-refractivity contribution is 5.65. The molecule has 1 rings (SSSR count). The quantitative estimate of drug-likeness (QED) is 0.751. The Bertz CT molecular complexity index is 250. The van der Waals surface area contributed by atoms with Crippen molar-refractivity contribution in [1.29, 1.82) is 0 Å². The molecule has 1 saturated heterocycles. The molecule has 94 valence electrons. The number of nitrogens with two attached hydrogens (primary N) is 1. The summed E-state index contributed by atoms with van der Waals surface area (Å²) in [6.45, 7) is 8.93. The van der Waals surface area contributed by atoms with Gasteiger partial charge in [-0.2, -0.15) is 0 Å². The van der Waals surface area contributed by atoms with Crippen LogP contribution in [0.1, 0.15) is 27.2 Å². The van der Waals surface area contributed by atoms with Gasteiger partial charge in [0.1, 0.15) is 0 Å². The lowest BCUT2D eigenvalue weighted by Gasteiger charge is -2.34. The van der Waals surface area contributed by atoms with Crippen LogP contribution in [0.5, 0.6) is 0 Å². The first-order chi connectivity index (χ1) is 7.30. The maximum Gasteiger partial charge on any atom is 0.407 e. The minimum Gasteiger partial charge on any atom is -0.465 e. The Balaban J connectivity index is 2.42. The van der Waals surface area contributed by atoms with E-state index < -0.39 is 6.09 Å². The van der Waals surface area contributed by atoms with E-state index in [0.29, 0.717) is 6.54 Å². The molecule has 0 spiro atoms. The Morgan fingerprint density at radius 2 is 2.19 bits per heavy atom. The second kappa shape index (κ2) is 5.01. The number of hydrogen-bond donors (Lipinski definition) is 2. The molecule has 0 radical (unpaired) electrons. The van der Waals surface area contributed by atoms with Crippen molar-refractivity contribution in [2.75, 3.05) is 26.2 Å². The number of carbonyl (C=O) groups is 1. The summed E-state index contributed by atoms with van der Waals surface area (Å²) in [6.07, 6.45) is 0.166. The number of nitrogens with zero attached hydrogens (tertiary/aromatic N) is 2. The number of rotatable bonds is 3. The second-order valence-electron chi connectivity index (χ2n) is 5.45. The van der Waals surface area contributed by atoms with E-state index in [1.807, 2.05) is 20.8 Å². The molecule has 1 atom stereocenters. The van der Waals surface area contributed by atoms with Gasteiger partial charge in [-0.05, 0) is 33.7 Å². The molecule has 0 aromatic rings. The van der Waals surface area contributed by atoms with E-state index in [-0.39, 0.29) is 11.6 Å². The lowest BCUT2D eigenvalue weighted by Crippen LogP contribution is -2.48. The predicted molar refractivity (Wildman–Crippen MR) is 63.5 cm³/mol. The zero-order chi connectivity index (χ0) is 12.3. The van der Waals surface area contributed by atoms with Gasteiger partial charge in [-0.3, -0.25) is 4.90 Å². The van der Waals surface area contributed by atoms with Crippen molar-refractivity contribution in [3.8, 4) is 0 Å². The van der Waals surface area contributed by atoms with Crippen molar-refractivity contribution >= 4 is 6.09 Å². The third kappa shape index (κ3) is 3.64. The molecule has 0 unspecified atom stereocenters. The molecule has 0 aromatic carbocycles. The van der Waals surface area contributed by atoms with Gasteiger partial charge in [0.2, 0.25) is 0 Å². The van der Waals surface area contributed by atoms with Gasteiger partial charge in [-0.1, -0.05) is 0 Å². The maximum absolute atomic E-state index is 11.1. The molecule has 16 heavy (non-hydrogen) atoms. The van der Waals surface area contributed by atoms with Gasteiger partial charge in [-0.25, -0.2) is 4.79 Å². The van der Waals surface area contributed by atoms with Crippen molar-refractivity contribution in [1.82, 2.24) is 9.80 Å². The van der Waals surface area contributed by atoms with Crippen LogP contribution in [0.3, 0.4) is 0 Å². The summed E-state index contributed by atoms with van der Waals surface area (Å²) in [6, 6.07) is 0.257. The lowest BCUT2D eigenvalue weighted by atomic mass is 10.1. The Kier molecular flexibility index (Phi) is 4.15. The van der Waals surface area contributed by atoms with Gasteiger partial charge in [0, 0.05) is 31.2 Å². The number of likely N-dealkylation sites (tertiary alicyclic amines) is 1. The number of carboxylic acid groups (broad SMARTS) is 1. The van der Waals surface area contributed by atoms with E-state index in [0.717, 1.165) is 26.1 Å². The summed E-state index contributed by atoms with van der Waals surface area (Å²) in [5.41, 5.74) is 5.47. The lowest BCUT2D eigenvalue weighted by molar-refractivity contribution is 0.0933. The van der Waals surface area contributed by atoms with Crippen molar-refractivity contribution in [2.24, 2.45) is 5.73 Å². The van der Waals surface area contributed by atoms with Gasteiger partial charge in [0.15, 0.2) is 0 Å². The smallest absolute Gasteiger partial charge is 0.407 e. The summed E-state index contributed by atoms with van der Waals surface area (Å²) in [5.74, 6) is 0. The highest BCUT2D eigenvalue weighted by Gasteiger charge is 2.27. The molecule has 0 saturated carbocycles. The average Bonchev–Trinajstić information content (AvgIpc) is 2.48. The van der Waals surface area contributed by atoms with Gasteiger partial charge in [0.05, 0.1) is 0 Å². The third-order valence-electron chi connectivity index (χ3n) is 2.99. The molecule has 0 bridgehead atoms. The van der Waals surface area contributed by atoms with Crippen LogP contribution in [0.4, 0.5) is 4.79 Å². The number of hydrogen-bond acceptors (Lipinski definition) is 3. The molecule has 1 aliphatic heterocycles. The minimum absolute atomic E-state index is 0.257. The summed E-state index contributed by atoms with van der Waals surface area (Å²) in [4.78, 5) is 14.8. The first-order valence-electron chi connectivity index (χ1n) is 5.79. The zero-order valence-corrected chi connectivity index (χ0v) is 10.4. The predicted octanol–water partition coefficient (Wildman–Crippen LogP) is 0.798. The van der Waals surface area contributed by atoms with Crippen LogP contribution in [-0.2, 0) is 0 Å². The van der Waals surface area contributed by atoms with Crippen LogP contribution < -0.4 is 5.73 Å². The molecule has 1 heterocycles. The molecular formula is C11H23N3O2. The maximum atomic E-state index is 11.1. The monoisotopic (exact) mass is 229 g/mol. The standard InChI is InChI=1S/C11H23N3O2/c1-11(2,3)14(10(15)16)7-6-13-5-4-9(12)8-13/h9H,4-8,12H2,1-3H3,(H,15,16)/t9-/m1/s1. The summed E-state index contributed by atoms with van der Waals surface area (Å²) in [7, 11) is 0. The fourth-order valence-corrected chi connectivity index (χ4v) is 2.03. The average molecular weight is 229 g/mol. The van der Waals surface area contributed by atoms with Crippen molar-refractivity contribution in [3.63, 3.8) is 0 Å². The first kappa shape index (κ1) is 13.3. The van der Waals surface area contributed by atoms with Gasteiger partial charge >= 0.3 is 6.09 Å². The number of amides is 1. The third-order valence-corrected chi connectivity index (χ3v) is 2.99. The van der Waals surface area contributed by atoms with E-state index in [4.69, 9.17) is 10.8 Å². The molecule has 1 fully saturated rings. The molecule has 0 aliphatic carbocycles. The van der Waals surface area contributed by atoms with Crippen molar-refractivity contribution in [2.45, 2.75) is 38.8 Å². The largest absolute Gasteiger partial charge is 0.465 e. The van der Waals surface area contributed by atoms with Crippen molar-refractivity contribution in [3.05, 3.63) is 0 Å². The Labute approximate surface area is 97.2 Å². The van der Waals surface area contributed by atoms with Crippen LogP contribution in [0.15, 0.2) is 0 Å². The van der Waals surface area contributed by atoms with E-state index >= 15 is 0 Å². The van der Waals surface area contributed by atoms with Gasteiger partial charge in [0.25, 0.3) is 0 Å². The summed E-state index contributed by atoms with van der Waals surface area (Å²) < 4.78 is 0. The SMILES string of the molecule is CC(C)(C)N(CCN1CC[C@@H](N)C1)C(=O)O. The summed E-state index contributed by atoms with van der Waals surface area (Å²) in [5, 5.41) is 9.12. The molecule has 1 amide bonds. The van der Waals surface area contributed by atoms with Crippen LogP contribution in [-0.4, -0.2) is 58.8 Å². The van der Waals surface area contributed by atoms with Gasteiger partial charge < -0.3 is 15.7 Å². The first-order valence-corrected chi connectivity index (χ1v) is 5.79. The Morgan fingerprint density at radius 1 is 1.56 bits per heavy atom. The van der Waals surface area contributed by atoms with Crippen LogP contribution in [0.25, 0.3) is 0 Å². The minimum atomic E-state index is -0.851. The van der Waals surface area contributed by atoms with Gasteiger partial charge in [-0.15, -0.1) is 0 Å². The Morgan fingerprint density at radius 3 is 2.56 bits per heavy atom. The van der Waals surface area contributed by atoms with Crippen molar-refractivity contribution < 1.29 is 9.90 Å². The van der Waals surface area contributed by atoms with E-state index in [1.54, 1.807) is 0 Å².